The van der Waals surface area contributed by atoms with Gasteiger partial charge in [-0.3, -0.25) is 9.69 Å². The fraction of sp³-hybridized carbons (Fsp3) is 0.227. The summed E-state index contributed by atoms with van der Waals surface area (Å²) in [5.41, 5.74) is 2.31. The van der Waals surface area contributed by atoms with Crippen molar-refractivity contribution in [2.75, 3.05) is 11.9 Å². The molecule has 8 heteroatoms. The molecule has 2 amide bonds. The second-order valence-corrected chi connectivity index (χ2v) is 7.78. The first-order chi connectivity index (χ1) is 14.6. The minimum Gasteiger partial charge on any atom is -0.445 e. The lowest BCUT2D eigenvalue weighted by atomic mass is 10.2. The van der Waals surface area contributed by atoms with E-state index in [4.69, 9.17) is 4.74 Å². The second kappa shape index (κ2) is 9.04. The van der Waals surface area contributed by atoms with Gasteiger partial charge in [0.25, 0.3) is 0 Å². The number of hydrogen-bond donors (Lipinski definition) is 1. The third-order valence-electron chi connectivity index (χ3n) is 4.87. The molecule has 154 valence electrons. The molecule has 2 heterocycles. The molecule has 1 N–H and O–H groups in total. The number of likely N-dealkylation sites (tertiary alicyclic amines) is 1. The third-order valence-corrected chi connectivity index (χ3v) is 5.63. The van der Waals surface area contributed by atoms with E-state index in [2.05, 4.69) is 10.3 Å². The van der Waals surface area contributed by atoms with Crippen molar-refractivity contribution in [3.05, 3.63) is 71.4 Å². The van der Waals surface area contributed by atoms with Crippen molar-refractivity contribution in [1.29, 1.82) is 0 Å². The Morgan fingerprint density at radius 2 is 1.93 bits per heavy atom. The summed E-state index contributed by atoms with van der Waals surface area (Å²) in [4.78, 5) is 31.1. The highest BCUT2D eigenvalue weighted by Crippen LogP contribution is 2.26. The molecule has 1 saturated heterocycles. The van der Waals surface area contributed by atoms with Gasteiger partial charge in [-0.2, -0.15) is 0 Å². The highest BCUT2D eigenvalue weighted by Gasteiger charge is 2.35. The van der Waals surface area contributed by atoms with Crippen molar-refractivity contribution >= 4 is 28.5 Å². The summed E-state index contributed by atoms with van der Waals surface area (Å²) in [6.07, 6.45) is 0.808. The largest absolute Gasteiger partial charge is 0.445 e. The number of halogens is 1. The molecule has 1 aliphatic heterocycles. The Balaban J connectivity index is 1.36. The van der Waals surface area contributed by atoms with Gasteiger partial charge >= 0.3 is 6.09 Å². The number of ether oxygens (including phenoxy) is 1. The third kappa shape index (κ3) is 4.65. The van der Waals surface area contributed by atoms with Gasteiger partial charge in [0.2, 0.25) is 5.91 Å². The van der Waals surface area contributed by atoms with E-state index in [9.17, 15) is 14.0 Å². The lowest BCUT2D eigenvalue weighted by Gasteiger charge is -2.22. The Labute approximate surface area is 177 Å². The molecule has 6 nitrogen and oxygen atoms in total. The van der Waals surface area contributed by atoms with E-state index in [0.29, 0.717) is 23.8 Å². The quantitative estimate of drug-likeness (QED) is 0.644. The number of benzene rings is 2. The topological polar surface area (TPSA) is 71.5 Å². The number of rotatable bonds is 5. The maximum Gasteiger partial charge on any atom is 0.410 e. The van der Waals surface area contributed by atoms with Crippen LogP contribution in [0.2, 0.25) is 0 Å². The first-order valence-electron chi connectivity index (χ1n) is 9.60. The highest BCUT2D eigenvalue weighted by atomic mass is 32.1. The fourth-order valence-corrected chi connectivity index (χ4v) is 4.06. The van der Waals surface area contributed by atoms with Gasteiger partial charge < -0.3 is 10.1 Å². The lowest BCUT2D eigenvalue weighted by molar-refractivity contribution is -0.120. The first-order valence-corrected chi connectivity index (χ1v) is 10.5. The minimum atomic E-state index is -0.591. The Kier molecular flexibility index (Phi) is 6.04. The summed E-state index contributed by atoms with van der Waals surface area (Å²) in [7, 11) is 0. The molecule has 1 atom stereocenters. The summed E-state index contributed by atoms with van der Waals surface area (Å²) < 4.78 is 18.5. The SMILES string of the molecule is O=C(Nc1nc(-c2ccc(F)cc2)cs1)[C@@H]1CCCN1C(=O)OCc1ccccc1. The van der Waals surface area contributed by atoms with E-state index >= 15 is 0 Å². The van der Waals surface area contributed by atoms with Gasteiger partial charge in [-0.1, -0.05) is 30.3 Å². The minimum absolute atomic E-state index is 0.165. The zero-order valence-electron chi connectivity index (χ0n) is 16.1. The van der Waals surface area contributed by atoms with E-state index in [1.165, 1.54) is 28.4 Å². The first kappa shape index (κ1) is 20.0. The zero-order chi connectivity index (χ0) is 20.9. The highest BCUT2D eigenvalue weighted by molar-refractivity contribution is 7.14. The average Bonchev–Trinajstić information content (AvgIpc) is 3.43. The zero-order valence-corrected chi connectivity index (χ0v) is 16.9. The fourth-order valence-electron chi connectivity index (χ4n) is 3.33. The van der Waals surface area contributed by atoms with E-state index < -0.39 is 12.1 Å². The van der Waals surface area contributed by atoms with Crippen LogP contribution >= 0.6 is 11.3 Å². The number of amides is 2. The van der Waals surface area contributed by atoms with Gasteiger partial charge in [-0.25, -0.2) is 14.2 Å². The Morgan fingerprint density at radius 3 is 2.70 bits per heavy atom. The molecule has 0 aliphatic carbocycles. The van der Waals surface area contributed by atoms with Crippen LogP contribution in [-0.4, -0.2) is 34.5 Å². The average molecular weight is 425 g/mol. The molecule has 0 radical (unpaired) electrons. The number of thiazole rings is 1. The molecule has 30 heavy (non-hydrogen) atoms. The van der Waals surface area contributed by atoms with Crippen molar-refractivity contribution in [2.24, 2.45) is 0 Å². The molecule has 0 bridgehead atoms. The summed E-state index contributed by atoms with van der Waals surface area (Å²) in [6.45, 7) is 0.641. The lowest BCUT2D eigenvalue weighted by Crippen LogP contribution is -2.43. The summed E-state index contributed by atoms with van der Waals surface area (Å²) >= 11 is 1.28. The van der Waals surface area contributed by atoms with Crippen molar-refractivity contribution in [1.82, 2.24) is 9.88 Å². The molecule has 0 spiro atoms. The number of carbonyl (C=O) groups is 2. The normalized spacial score (nSPS) is 15.8. The van der Waals surface area contributed by atoms with Gasteiger partial charge in [-0.05, 0) is 42.7 Å². The van der Waals surface area contributed by atoms with E-state index in [1.54, 1.807) is 17.5 Å². The van der Waals surface area contributed by atoms with Crippen molar-refractivity contribution < 1.29 is 18.7 Å². The van der Waals surface area contributed by atoms with Gasteiger partial charge in [0.1, 0.15) is 18.5 Å². The van der Waals surface area contributed by atoms with Gasteiger partial charge in [0.05, 0.1) is 5.69 Å². The standard InChI is InChI=1S/C22H20FN3O3S/c23-17-10-8-16(9-11-17)18-14-30-21(24-18)25-20(27)19-7-4-12-26(19)22(28)29-13-15-5-2-1-3-6-15/h1-3,5-6,8-11,14,19H,4,7,12-13H2,(H,24,25,27)/t19-/m0/s1. The van der Waals surface area contributed by atoms with Crippen LogP contribution in [0.4, 0.5) is 14.3 Å². The monoisotopic (exact) mass is 425 g/mol. The summed E-state index contributed by atoms with van der Waals surface area (Å²) in [5, 5.41) is 5.02. The Morgan fingerprint density at radius 1 is 1.17 bits per heavy atom. The molecular weight excluding hydrogens is 405 g/mol. The Bertz CT molecular complexity index is 1020. The Hall–Kier alpha value is -3.26. The van der Waals surface area contributed by atoms with Crippen LogP contribution in [-0.2, 0) is 16.1 Å². The molecule has 0 unspecified atom stereocenters. The molecule has 3 aromatic rings. The molecular formula is C22H20FN3O3S. The van der Waals surface area contributed by atoms with Gasteiger partial charge in [-0.15, -0.1) is 11.3 Å². The van der Waals surface area contributed by atoms with Crippen LogP contribution in [0.25, 0.3) is 11.3 Å². The summed E-state index contributed by atoms with van der Waals surface area (Å²) in [6, 6.07) is 14.8. The number of anilines is 1. The van der Waals surface area contributed by atoms with Crippen LogP contribution in [0.15, 0.2) is 60.0 Å². The number of carbonyl (C=O) groups excluding carboxylic acids is 2. The van der Waals surface area contributed by atoms with Crippen LogP contribution in [0.5, 0.6) is 0 Å². The summed E-state index contributed by atoms with van der Waals surface area (Å²) in [5.74, 6) is -0.604. The maximum atomic E-state index is 13.1. The van der Waals surface area contributed by atoms with Gasteiger partial charge in [0.15, 0.2) is 5.13 Å². The van der Waals surface area contributed by atoms with Gasteiger partial charge in [0, 0.05) is 17.5 Å². The molecule has 1 fully saturated rings. The smallest absolute Gasteiger partial charge is 0.410 e. The van der Waals surface area contributed by atoms with E-state index in [-0.39, 0.29) is 18.3 Å². The molecule has 2 aromatic carbocycles. The van der Waals surface area contributed by atoms with Crippen LogP contribution in [0.1, 0.15) is 18.4 Å². The van der Waals surface area contributed by atoms with Crippen LogP contribution in [0.3, 0.4) is 0 Å². The van der Waals surface area contributed by atoms with Crippen LogP contribution in [0, 0.1) is 5.82 Å². The molecule has 4 rings (SSSR count). The number of hydrogen-bond acceptors (Lipinski definition) is 5. The predicted octanol–water partition coefficient (Wildman–Crippen LogP) is 4.69. The van der Waals surface area contributed by atoms with Crippen LogP contribution < -0.4 is 5.32 Å². The van der Waals surface area contributed by atoms with E-state index in [0.717, 1.165) is 17.5 Å². The maximum absolute atomic E-state index is 13.1. The van der Waals surface area contributed by atoms with Crippen molar-refractivity contribution in [3.63, 3.8) is 0 Å². The molecule has 1 aliphatic rings. The number of aromatic nitrogens is 1. The van der Waals surface area contributed by atoms with E-state index in [1.807, 2.05) is 30.3 Å². The van der Waals surface area contributed by atoms with Crippen molar-refractivity contribution in [2.45, 2.75) is 25.5 Å². The predicted molar refractivity (Wildman–Crippen MR) is 112 cm³/mol. The molecule has 0 saturated carbocycles. The molecule has 1 aromatic heterocycles. The number of nitrogens with zero attached hydrogens (tertiary/aromatic N) is 2. The number of nitrogens with one attached hydrogen (secondary N) is 1. The van der Waals surface area contributed by atoms with Crippen molar-refractivity contribution in [3.8, 4) is 11.3 Å². The second-order valence-electron chi connectivity index (χ2n) is 6.93.